The Hall–Kier alpha value is -5.52. The number of likely N-dealkylation sites (tertiary alicyclic amines) is 1. The maximum atomic E-state index is 15.5. The van der Waals surface area contributed by atoms with Gasteiger partial charge in [0.25, 0.3) is 11.5 Å². The summed E-state index contributed by atoms with van der Waals surface area (Å²) < 4.78 is 34.6. The Kier molecular flexibility index (Phi) is 10.1. The number of nitrogens with zero attached hydrogens (tertiary/aromatic N) is 4. The Balaban J connectivity index is 1.08. The van der Waals surface area contributed by atoms with Crippen LogP contribution >= 0.6 is 11.6 Å². The summed E-state index contributed by atoms with van der Waals surface area (Å²) in [5, 5.41) is 3.70. The van der Waals surface area contributed by atoms with Crippen LogP contribution in [-0.4, -0.2) is 58.7 Å². The van der Waals surface area contributed by atoms with Gasteiger partial charge in [-0.2, -0.15) is 0 Å². The number of methoxy groups -OCH3 is 1. The lowest BCUT2D eigenvalue weighted by Gasteiger charge is -2.26. The third kappa shape index (κ3) is 7.50. The van der Waals surface area contributed by atoms with E-state index in [9.17, 15) is 9.59 Å². The molecule has 1 aliphatic rings. The van der Waals surface area contributed by atoms with Gasteiger partial charge < -0.3 is 24.4 Å². The van der Waals surface area contributed by atoms with E-state index in [1.54, 1.807) is 80.0 Å². The molecular formula is C39H35ClFN5O5. The number of rotatable bonds is 11. The Bertz CT molecular complexity index is 2270. The summed E-state index contributed by atoms with van der Waals surface area (Å²) >= 11 is 6.06. The van der Waals surface area contributed by atoms with Gasteiger partial charge in [0.1, 0.15) is 5.75 Å². The highest BCUT2D eigenvalue weighted by Crippen LogP contribution is 2.38. The summed E-state index contributed by atoms with van der Waals surface area (Å²) in [6.45, 7) is 3.81. The quantitative estimate of drug-likeness (QED) is 0.135. The first-order valence-corrected chi connectivity index (χ1v) is 17.1. The summed E-state index contributed by atoms with van der Waals surface area (Å²) in [6, 6.07) is 22.8. The zero-order valence-electron chi connectivity index (χ0n) is 27.9. The number of anilines is 1. The normalized spacial score (nSPS) is 13.3. The maximum absolute atomic E-state index is 15.5. The number of hydrogen-bond donors (Lipinski definition) is 1. The SMILES string of the molecule is COc1cc2c(Oc3ccc(NC(=O)c4nc5ccccc5n(-c5ccc(Cl)cc5)c4=O)cc3F)ccnc2cc1OCCCN1CCCCC1. The molecule has 0 atom stereocenters. The molecule has 3 heterocycles. The van der Waals surface area contributed by atoms with Crippen molar-refractivity contribution < 1.29 is 23.4 Å². The fourth-order valence-electron chi connectivity index (χ4n) is 6.24. The topological polar surface area (TPSA) is 108 Å². The highest BCUT2D eigenvalue weighted by molar-refractivity contribution is 6.30. The second-order valence-electron chi connectivity index (χ2n) is 12.2. The Labute approximate surface area is 298 Å². The van der Waals surface area contributed by atoms with E-state index in [4.69, 9.17) is 25.8 Å². The molecule has 0 aliphatic carbocycles. The number of hydrogen-bond acceptors (Lipinski definition) is 8. The van der Waals surface area contributed by atoms with Crippen LogP contribution in [0.15, 0.2) is 95.9 Å². The monoisotopic (exact) mass is 707 g/mol. The second kappa shape index (κ2) is 15.2. The van der Waals surface area contributed by atoms with Gasteiger partial charge >= 0.3 is 0 Å². The standard InChI is InChI=1S/C39H35ClFN5O5/c1-49-35-23-28-31(24-36(35)50-21-7-20-45-18-5-2-6-19-45)42-17-16-33(28)51-34-15-12-26(22-29(34)41)43-38(47)37-39(48)46(27-13-10-25(40)11-14-27)32-9-4-3-8-30(32)44-37/h3-4,8-17,22-24H,2,5-7,18-21H2,1H3,(H,43,47). The minimum absolute atomic E-state index is 0.0774. The molecule has 1 amide bonds. The van der Waals surface area contributed by atoms with E-state index in [0.29, 0.717) is 56.5 Å². The summed E-state index contributed by atoms with van der Waals surface area (Å²) in [6.07, 6.45) is 6.27. The van der Waals surface area contributed by atoms with Crippen LogP contribution < -0.4 is 25.1 Å². The van der Waals surface area contributed by atoms with E-state index in [0.717, 1.165) is 32.1 Å². The fourth-order valence-corrected chi connectivity index (χ4v) is 6.36. The molecule has 1 N–H and O–H groups in total. The van der Waals surface area contributed by atoms with Gasteiger partial charge in [0.05, 0.1) is 30.3 Å². The summed E-state index contributed by atoms with van der Waals surface area (Å²) in [5.41, 5.74) is 1.17. The molecule has 1 aliphatic heterocycles. The number of para-hydroxylation sites is 2. The van der Waals surface area contributed by atoms with Gasteiger partial charge in [0.15, 0.2) is 28.8 Å². The van der Waals surface area contributed by atoms with Gasteiger partial charge in [-0.25, -0.2) is 9.37 Å². The number of amides is 1. The molecular weight excluding hydrogens is 673 g/mol. The molecule has 2 aromatic heterocycles. The third-order valence-corrected chi connectivity index (χ3v) is 9.03. The number of pyridine rings is 1. The van der Waals surface area contributed by atoms with E-state index in [1.807, 2.05) is 0 Å². The van der Waals surface area contributed by atoms with Crippen molar-refractivity contribution in [2.45, 2.75) is 25.7 Å². The number of carbonyl (C=O) groups excluding carboxylic acids is 1. The van der Waals surface area contributed by atoms with Crippen LogP contribution in [-0.2, 0) is 0 Å². The molecule has 0 unspecified atom stereocenters. The highest BCUT2D eigenvalue weighted by atomic mass is 35.5. The minimum atomic E-state index is -0.793. The van der Waals surface area contributed by atoms with Gasteiger partial charge in [0.2, 0.25) is 0 Å². The predicted molar refractivity (Wildman–Crippen MR) is 195 cm³/mol. The van der Waals surface area contributed by atoms with E-state index >= 15 is 4.39 Å². The molecule has 0 bridgehead atoms. The lowest BCUT2D eigenvalue weighted by Crippen LogP contribution is -2.31. The number of halogens is 2. The van der Waals surface area contributed by atoms with Gasteiger partial charge in [-0.05, 0) is 93.0 Å². The zero-order valence-corrected chi connectivity index (χ0v) is 28.7. The third-order valence-electron chi connectivity index (χ3n) is 8.78. The molecule has 51 heavy (non-hydrogen) atoms. The smallest absolute Gasteiger partial charge is 0.287 e. The van der Waals surface area contributed by atoms with E-state index in [2.05, 4.69) is 20.2 Å². The summed E-state index contributed by atoms with van der Waals surface area (Å²) in [5.74, 6) is -0.170. The fraction of sp³-hybridized carbons (Fsp3) is 0.231. The Morgan fingerprint density at radius 3 is 2.49 bits per heavy atom. The second-order valence-corrected chi connectivity index (χ2v) is 12.6. The molecule has 1 fully saturated rings. The first-order chi connectivity index (χ1) is 24.9. The predicted octanol–water partition coefficient (Wildman–Crippen LogP) is 8.03. The number of fused-ring (bicyclic) bond motifs is 2. The summed E-state index contributed by atoms with van der Waals surface area (Å²) in [4.78, 5) is 38.3. The average molecular weight is 708 g/mol. The van der Waals surface area contributed by atoms with Gasteiger partial charge in [-0.15, -0.1) is 0 Å². The molecule has 0 radical (unpaired) electrons. The van der Waals surface area contributed by atoms with Crippen molar-refractivity contribution >= 4 is 45.1 Å². The van der Waals surface area contributed by atoms with Gasteiger partial charge in [0, 0.05) is 46.7 Å². The lowest BCUT2D eigenvalue weighted by atomic mass is 10.1. The Morgan fingerprint density at radius 1 is 0.902 bits per heavy atom. The number of benzene rings is 4. The zero-order chi connectivity index (χ0) is 35.3. The van der Waals surface area contributed by atoms with Crippen LogP contribution in [0.3, 0.4) is 0 Å². The molecule has 1 saturated heterocycles. The van der Waals surface area contributed by atoms with Crippen LogP contribution in [0.5, 0.6) is 23.0 Å². The van der Waals surface area contributed by atoms with Crippen molar-refractivity contribution in [2.75, 3.05) is 38.7 Å². The van der Waals surface area contributed by atoms with Crippen molar-refractivity contribution in [1.82, 2.24) is 19.4 Å². The van der Waals surface area contributed by atoms with Crippen molar-refractivity contribution in [2.24, 2.45) is 0 Å². The van der Waals surface area contributed by atoms with Crippen molar-refractivity contribution in [3.05, 3.63) is 118 Å². The van der Waals surface area contributed by atoms with Crippen LogP contribution in [0.2, 0.25) is 5.02 Å². The summed E-state index contributed by atoms with van der Waals surface area (Å²) in [7, 11) is 1.56. The van der Waals surface area contributed by atoms with E-state index in [-0.39, 0.29) is 17.1 Å². The maximum Gasteiger partial charge on any atom is 0.287 e. The first kappa shape index (κ1) is 34.0. The van der Waals surface area contributed by atoms with Crippen molar-refractivity contribution in [1.29, 1.82) is 0 Å². The molecule has 6 aromatic rings. The molecule has 10 nitrogen and oxygen atoms in total. The van der Waals surface area contributed by atoms with Gasteiger partial charge in [-0.3, -0.25) is 19.1 Å². The van der Waals surface area contributed by atoms with E-state index < -0.39 is 17.3 Å². The minimum Gasteiger partial charge on any atom is -0.493 e. The number of ether oxygens (including phenoxy) is 3. The largest absolute Gasteiger partial charge is 0.493 e. The molecule has 0 saturated carbocycles. The number of nitrogens with one attached hydrogen (secondary N) is 1. The van der Waals surface area contributed by atoms with Gasteiger partial charge in [-0.1, -0.05) is 30.2 Å². The molecule has 0 spiro atoms. The van der Waals surface area contributed by atoms with E-state index in [1.165, 1.54) is 36.0 Å². The van der Waals surface area contributed by atoms with Crippen molar-refractivity contribution in [3.8, 4) is 28.7 Å². The van der Waals surface area contributed by atoms with Crippen LogP contribution in [0.4, 0.5) is 10.1 Å². The molecule has 12 heteroatoms. The first-order valence-electron chi connectivity index (χ1n) is 16.8. The highest BCUT2D eigenvalue weighted by Gasteiger charge is 2.20. The average Bonchev–Trinajstić information content (AvgIpc) is 3.15. The van der Waals surface area contributed by atoms with Crippen LogP contribution in [0.1, 0.15) is 36.2 Å². The molecule has 260 valence electrons. The molecule has 7 rings (SSSR count). The van der Waals surface area contributed by atoms with Crippen LogP contribution in [0, 0.1) is 5.82 Å². The van der Waals surface area contributed by atoms with Crippen molar-refractivity contribution in [3.63, 3.8) is 0 Å². The number of aromatic nitrogens is 3. The lowest BCUT2D eigenvalue weighted by molar-refractivity contribution is 0.102. The number of piperidine rings is 1. The number of carbonyl (C=O) groups is 1. The van der Waals surface area contributed by atoms with Crippen LogP contribution in [0.25, 0.3) is 27.6 Å². The Morgan fingerprint density at radius 2 is 1.71 bits per heavy atom. The molecule has 4 aromatic carbocycles.